The zero-order valence-corrected chi connectivity index (χ0v) is 15.2. The standard InChI is InChI=1S/C18H15BrFN3O3/c19-11-2-7-14-15(10-11)17(25)23(16(14)24)9-1-8-21-18(26)22-13-5-3-12(20)4-6-13/h2-7,10H,1,8-9H2,(H2,21,22,26). The van der Waals surface area contributed by atoms with Crippen LogP contribution in [0.15, 0.2) is 46.9 Å². The van der Waals surface area contributed by atoms with Gasteiger partial charge < -0.3 is 10.6 Å². The molecule has 0 atom stereocenters. The number of hydrogen-bond acceptors (Lipinski definition) is 3. The van der Waals surface area contributed by atoms with Crippen molar-refractivity contribution in [1.29, 1.82) is 0 Å². The highest BCUT2D eigenvalue weighted by molar-refractivity contribution is 9.10. The first-order chi connectivity index (χ1) is 12.5. The molecule has 3 rings (SSSR count). The average molecular weight is 420 g/mol. The number of amides is 4. The van der Waals surface area contributed by atoms with Crippen molar-refractivity contribution in [2.24, 2.45) is 0 Å². The molecule has 0 unspecified atom stereocenters. The van der Waals surface area contributed by atoms with Gasteiger partial charge in [-0.15, -0.1) is 0 Å². The van der Waals surface area contributed by atoms with Gasteiger partial charge in [0.25, 0.3) is 11.8 Å². The molecule has 2 aromatic rings. The van der Waals surface area contributed by atoms with Gasteiger partial charge in [0.1, 0.15) is 5.82 Å². The Morgan fingerprint density at radius 3 is 2.46 bits per heavy atom. The highest BCUT2D eigenvalue weighted by Gasteiger charge is 2.34. The van der Waals surface area contributed by atoms with Gasteiger partial charge in [-0.2, -0.15) is 0 Å². The summed E-state index contributed by atoms with van der Waals surface area (Å²) in [6.07, 6.45) is 0.420. The van der Waals surface area contributed by atoms with Crippen molar-refractivity contribution in [2.75, 3.05) is 18.4 Å². The number of benzene rings is 2. The van der Waals surface area contributed by atoms with Crippen LogP contribution >= 0.6 is 15.9 Å². The van der Waals surface area contributed by atoms with Gasteiger partial charge in [0.2, 0.25) is 0 Å². The number of halogens is 2. The van der Waals surface area contributed by atoms with Gasteiger partial charge in [0.05, 0.1) is 11.1 Å². The van der Waals surface area contributed by atoms with E-state index in [4.69, 9.17) is 0 Å². The molecule has 26 heavy (non-hydrogen) atoms. The van der Waals surface area contributed by atoms with Gasteiger partial charge in [0, 0.05) is 23.2 Å². The Morgan fingerprint density at radius 2 is 1.73 bits per heavy atom. The van der Waals surface area contributed by atoms with Crippen LogP contribution in [-0.2, 0) is 0 Å². The highest BCUT2D eigenvalue weighted by atomic mass is 79.9. The molecule has 0 spiro atoms. The summed E-state index contributed by atoms with van der Waals surface area (Å²) in [4.78, 5) is 37.5. The minimum Gasteiger partial charge on any atom is -0.338 e. The van der Waals surface area contributed by atoms with Crippen LogP contribution in [0.2, 0.25) is 0 Å². The fraction of sp³-hybridized carbons (Fsp3) is 0.167. The second kappa shape index (κ2) is 7.65. The zero-order chi connectivity index (χ0) is 18.7. The molecule has 2 aromatic carbocycles. The molecule has 0 aromatic heterocycles. The summed E-state index contributed by atoms with van der Waals surface area (Å²) in [6, 6.07) is 9.92. The lowest BCUT2D eigenvalue weighted by Crippen LogP contribution is -2.35. The number of hydrogen-bond donors (Lipinski definition) is 2. The quantitative estimate of drug-likeness (QED) is 0.575. The summed E-state index contributed by atoms with van der Waals surface area (Å²) in [6.45, 7) is 0.491. The van der Waals surface area contributed by atoms with E-state index in [1.165, 1.54) is 29.2 Å². The predicted molar refractivity (Wildman–Crippen MR) is 97.5 cm³/mol. The Kier molecular flexibility index (Phi) is 5.32. The number of carbonyl (C=O) groups excluding carboxylic acids is 3. The van der Waals surface area contributed by atoms with Gasteiger partial charge in [-0.25, -0.2) is 9.18 Å². The van der Waals surface area contributed by atoms with Crippen molar-refractivity contribution in [2.45, 2.75) is 6.42 Å². The Bertz CT molecular complexity index is 870. The van der Waals surface area contributed by atoms with E-state index in [9.17, 15) is 18.8 Å². The number of fused-ring (bicyclic) bond motifs is 1. The molecule has 4 amide bonds. The van der Waals surface area contributed by atoms with E-state index in [1.807, 2.05) is 0 Å². The van der Waals surface area contributed by atoms with E-state index in [1.54, 1.807) is 18.2 Å². The number of anilines is 1. The molecule has 1 aliphatic heterocycles. The minimum absolute atomic E-state index is 0.209. The van der Waals surface area contributed by atoms with Crippen molar-refractivity contribution in [3.8, 4) is 0 Å². The van der Waals surface area contributed by atoms with Crippen molar-refractivity contribution in [3.05, 3.63) is 63.9 Å². The van der Waals surface area contributed by atoms with Crippen LogP contribution in [0.25, 0.3) is 0 Å². The first-order valence-electron chi connectivity index (χ1n) is 7.92. The number of nitrogens with one attached hydrogen (secondary N) is 2. The zero-order valence-electron chi connectivity index (χ0n) is 13.6. The molecular formula is C18H15BrFN3O3. The Labute approximate surface area is 157 Å². The van der Waals surface area contributed by atoms with Crippen LogP contribution in [-0.4, -0.2) is 35.8 Å². The van der Waals surface area contributed by atoms with Crippen LogP contribution in [0.3, 0.4) is 0 Å². The van der Waals surface area contributed by atoms with Crippen molar-refractivity contribution in [3.63, 3.8) is 0 Å². The predicted octanol–water partition coefficient (Wildman–Crippen LogP) is 3.40. The maximum atomic E-state index is 12.8. The number of urea groups is 1. The van der Waals surface area contributed by atoms with E-state index in [2.05, 4.69) is 26.6 Å². The number of carbonyl (C=O) groups is 3. The third kappa shape index (κ3) is 3.91. The number of imide groups is 1. The summed E-state index contributed by atoms with van der Waals surface area (Å²) in [7, 11) is 0. The Balaban J connectivity index is 1.47. The molecule has 2 N–H and O–H groups in total. The first-order valence-corrected chi connectivity index (χ1v) is 8.71. The molecule has 1 heterocycles. The minimum atomic E-state index is -0.442. The van der Waals surface area contributed by atoms with Gasteiger partial charge in [0.15, 0.2) is 0 Å². The van der Waals surface area contributed by atoms with Gasteiger partial charge >= 0.3 is 6.03 Å². The van der Waals surface area contributed by atoms with Crippen LogP contribution in [0.4, 0.5) is 14.9 Å². The lowest BCUT2D eigenvalue weighted by Gasteiger charge is -2.14. The van der Waals surface area contributed by atoms with Crippen molar-refractivity contribution < 1.29 is 18.8 Å². The third-order valence-electron chi connectivity index (χ3n) is 3.88. The maximum absolute atomic E-state index is 12.8. The van der Waals surface area contributed by atoms with Gasteiger partial charge in [-0.1, -0.05) is 15.9 Å². The molecule has 0 radical (unpaired) electrons. The summed E-state index contributed by atoms with van der Waals surface area (Å²) in [5.74, 6) is -1.04. The van der Waals surface area contributed by atoms with E-state index in [0.717, 1.165) is 4.47 Å². The molecule has 0 fully saturated rings. The van der Waals surface area contributed by atoms with Crippen LogP contribution < -0.4 is 10.6 Å². The maximum Gasteiger partial charge on any atom is 0.319 e. The molecule has 1 aliphatic rings. The lowest BCUT2D eigenvalue weighted by atomic mass is 10.1. The van der Waals surface area contributed by atoms with Crippen molar-refractivity contribution >= 4 is 39.5 Å². The fourth-order valence-electron chi connectivity index (χ4n) is 2.61. The molecule has 134 valence electrons. The van der Waals surface area contributed by atoms with E-state index in [0.29, 0.717) is 23.2 Å². The molecule has 0 aliphatic carbocycles. The largest absolute Gasteiger partial charge is 0.338 e. The van der Waals surface area contributed by atoms with Crippen LogP contribution in [0, 0.1) is 5.82 Å². The Morgan fingerprint density at radius 1 is 1.04 bits per heavy atom. The molecule has 6 nitrogen and oxygen atoms in total. The molecule has 0 saturated carbocycles. The van der Waals surface area contributed by atoms with Gasteiger partial charge in [-0.05, 0) is 48.9 Å². The molecule has 0 saturated heterocycles. The lowest BCUT2D eigenvalue weighted by molar-refractivity contribution is 0.0653. The fourth-order valence-corrected chi connectivity index (χ4v) is 2.97. The van der Waals surface area contributed by atoms with Crippen molar-refractivity contribution in [1.82, 2.24) is 10.2 Å². The topological polar surface area (TPSA) is 78.5 Å². The van der Waals surface area contributed by atoms with E-state index in [-0.39, 0.29) is 30.7 Å². The second-order valence-corrected chi connectivity index (χ2v) is 6.61. The molecule has 8 heteroatoms. The van der Waals surface area contributed by atoms with Crippen LogP contribution in [0.5, 0.6) is 0 Å². The molecule has 0 bridgehead atoms. The summed E-state index contributed by atoms with van der Waals surface area (Å²) < 4.78 is 13.5. The monoisotopic (exact) mass is 419 g/mol. The SMILES string of the molecule is O=C(NCCCN1C(=O)c2ccc(Br)cc2C1=O)Nc1ccc(F)cc1. The van der Waals surface area contributed by atoms with E-state index < -0.39 is 6.03 Å². The Hall–Kier alpha value is -2.74. The summed E-state index contributed by atoms with van der Waals surface area (Å²) >= 11 is 3.29. The first kappa shape index (κ1) is 18.1. The number of rotatable bonds is 5. The van der Waals surface area contributed by atoms with Crippen LogP contribution in [0.1, 0.15) is 27.1 Å². The molecular weight excluding hydrogens is 405 g/mol. The smallest absolute Gasteiger partial charge is 0.319 e. The number of nitrogens with zero attached hydrogens (tertiary/aromatic N) is 1. The van der Waals surface area contributed by atoms with Gasteiger partial charge in [-0.3, -0.25) is 14.5 Å². The van der Waals surface area contributed by atoms with E-state index >= 15 is 0 Å². The third-order valence-corrected chi connectivity index (χ3v) is 4.37. The summed E-state index contributed by atoms with van der Waals surface area (Å²) in [5.41, 5.74) is 1.24. The summed E-state index contributed by atoms with van der Waals surface area (Å²) in [5, 5.41) is 5.20. The highest BCUT2D eigenvalue weighted by Crippen LogP contribution is 2.25. The second-order valence-electron chi connectivity index (χ2n) is 5.69. The normalized spacial score (nSPS) is 12.9. The average Bonchev–Trinajstić information content (AvgIpc) is 2.84.